The zero-order chi connectivity index (χ0) is 22.4. The first-order valence-electron chi connectivity index (χ1n) is 10.3. The molecule has 10 heteroatoms. The Morgan fingerprint density at radius 3 is 2.78 bits per heavy atom. The molecule has 0 spiro atoms. The van der Waals surface area contributed by atoms with Crippen molar-refractivity contribution in [3.63, 3.8) is 0 Å². The van der Waals surface area contributed by atoms with Gasteiger partial charge in [-0.05, 0) is 25.5 Å². The molecule has 1 saturated heterocycles. The van der Waals surface area contributed by atoms with E-state index in [1.54, 1.807) is 16.9 Å². The molecular formula is C22H21N5O5. The van der Waals surface area contributed by atoms with Gasteiger partial charge in [-0.2, -0.15) is 5.10 Å². The zero-order valence-corrected chi connectivity index (χ0v) is 17.3. The standard InChI is InChI=1S/C22H21N5O5/c1-13-8-10-32-17-12-25-11-15(19(28)20(29)18(25)22(31)27(13)17)21(30)23-16-7-9-26(24-16)14-5-3-2-4-6-14/h2-7,9,11,13,17,29H,8,10,12H2,1H3,(H,23,24,30)/t13-,17+/m1/s1. The second-order valence-electron chi connectivity index (χ2n) is 7.83. The van der Waals surface area contributed by atoms with Crippen LogP contribution in [0.2, 0.25) is 0 Å². The summed E-state index contributed by atoms with van der Waals surface area (Å²) in [6, 6.07) is 10.9. The first kappa shape index (κ1) is 20.0. The summed E-state index contributed by atoms with van der Waals surface area (Å²) in [6.45, 7) is 2.62. The van der Waals surface area contributed by atoms with Gasteiger partial charge < -0.3 is 24.6 Å². The van der Waals surface area contributed by atoms with Gasteiger partial charge in [0.25, 0.3) is 11.8 Å². The summed E-state index contributed by atoms with van der Waals surface area (Å²) in [4.78, 5) is 40.1. The van der Waals surface area contributed by atoms with Gasteiger partial charge in [-0.3, -0.25) is 14.4 Å². The van der Waals surface area contributed by atoms with Crippen molar-refractivity contribution < 1.29 is 19.4 Å². The largest absolute Gasteiger partial charge is 0.503 e. The summed E-state index contributed by atoms with van der Waals surface area (Å²) in [7, 11) is 0. The smallest absolute Gasteiger partial charge is 0.276 e. The molecule has 10 nitrogen and oxygen atoms in total. The van der Waals surface area contributed by atoms with Gasteiger partial charge in [0.1, 0.15) is 5.56 Å². The number of para-hydroxylation sites is 1. The third-order valence-electron chi connectivity index (χ3n) is 5.77. The van der Waals surface area contributed by atoms with E-state index in [2.05, 4.69) is 10.4 Å². The minimum absolute atomic E-state index is 0.0767. The highest BCUT2D eigenvalue weighted by Gasteiger charge is 2.41. The number of pyridine rings is 1. The van der Waals surface area contributed by atoms with Crippen LogP contribution in [-0.2, 0) is 11.3 Å². The molecule has 0 unspecified atom stereocenters. The maximum atomic E-state index is 13.0. The molecule has 2 amide bonds. The van der Waals surface area contributed by atoms with Gasteiger partial charge in [0.2, 0.25) is 5.43 Å². The molecular weight excluding hydrogens is 414 g/mol. The number of carbonyl (C=O) groups is 2. The molecule has 2 atom stereocenters. The van der Waals surface area contributed by atoms with Crippen molar-refractivity contribution in [2.45, 2.75) is 32.2 Å². The van der Waals surface area contributed by atoms with Crippen molar-refractivity contribution in [3.8, 4) is 11.4 Å². The Kier molecular flexibility index (Phi) is 4.78. The zero-order valence-electron chi connectivity index (χ0n) is 17.3. The molecule has 0 radical (unpaired) electrons. The minimum atomic E-state index is -0.909. The molecule has 4 heterocycles. The third-order valence-corrected chi connectivity index (χ3v) is 5.77. The maximum absolute atomic E-state index is 13.0. The first-order valence-corrected chi connectivity index (χ1v) is 10.3. The lowest BCUT2D eigenvalue weighted by molar-refractivity contribution is -0.112. The fraction of sp³-hybridized carbons (Fsp3) is 0.273. The molecule has 2 aromatic heterocycles. The van der Waals surface area contributed by atoms with E-state index in [0.717, 1.165) is 5.69 Å². The van der Waals surface area contributed by atoms with Crippen LogP contribution < -0.4 is 10.7 Å². The quantitative estimate of drug-likeness (QED) is 0.645. The van der Waals surface area contributed by atoms with Crippen molar-refractivity contribution >= 4 is 17.6 Å². The number of amides is 2. The normalized spacial score (nSPS) is 19.9. The lowest BCUT2D eigenvalue weighted by Gasteiger charge is -2.44. The van der Waals surface area contributed by atoms with Gasteiger partial charge >= 0.3 is 0 Å². The lowest BCUT2D eigenvalue weighted by atomic mass is 10.1. The molecule has 0 saturated carbocycles. The van der Waals surface area contributed by atoms with Crippen molar-refractivity contribution in [1.82, 2.24) is 19.2 Å². The Morgan fingerprint density at radius 1 is 1.22 bits per heavy atom. The van der Waals surface area contributed by atoms with Crippen LogP contribution in [0.15, 0.2) is 53.6 Å². The lowest BCUT2D eigenvalue weighted by Crippen LogP contribution is -2.57. The molecule has 1 fully saturated rings. The van der Waals surface area contributed by atoms with E-state index in [1.165, 1.54) is 15.7 Å². The summed E-state index contributed by atoms with van der Waals surface area (Å²) in [5, 5.41) is 17.4. The predicted molar refractivity (Wildman–Crippen MR) is 114 cm³/mol. The Morgan fingerprint density at radius 2 is 2.00 bits per heavy atom. The number of nitrogens with zero attached hydrogens (tertiary/aromatic N) is 4. The second-order valence-corrected chi connectivity index (χ2v) is 7.83. The summed E-state index contributed by atoms with van der Waals surface area (Å²) in [5.41, 5.74) is -0.517. The maximum Gasteiger partial charge on any atom is 0.276 e. The third kappa shape index (κ3) is 3.25. The number of rotatable bonds is 3. The highest BCUT2D eigenvalue weighted by molar-refractivity contribution is 6.05. The SMILES string of the molecule is C[C@@H]1CCO[C@H]2Cn3cc(C(=O)Nc4ccn(-c5ccccc5)n4)c(=O)c(O)c3C(=O)N12. The number of hydrogen-bond acceptors (Lipinski definition) is 6. The van der Waals surface area contributed by atoms with Crippen LogP contribution in [-0.4, -0.2) is 55.0 Å². The van der Waals surface area contributed by atoms with E-state index in [4.69, 9.17) is 4.74 Å². The van der Waals surface area contributed by atoms with Gasteiger partial charge in [0.05, 0.1) is 18.8 Å². The second kappa shape index (κ2) is 7.65. The van der Waals surface area contributed by atoms with Gasteiger partial charge in [0, 0.05) is 24.5 Å². The number of hydrogen-bond donors (Lipinski definition) is 2. The summed E-state index contributed by atoms with van der Waals surface area (Å²) in [5.74, 6) is -1.72. The molecule has 2 N–H and O–H groups in total. The van der Waals surface area contributed by atoms with E-state index in [9.17, 15) is 19.5 Å². The number of benzene rings is 1. The van der Waals surface area contributed by atoms with Crippen molar-refractivity contribution in [2.24, 2.45) is 0 Å². The Labute approximate surface area is 182 Å². The van der Waals surface area contributed by atoms with E-state index in [0.29, 0.717) is 13.0 Å². The van der Waals surface area contributed by atoms with Crippen molar-refractivity contribution in [2.75, 3.05) is 11.9 Å². The van der Waals surface area contributed by atoms with E-state index < -0.39 is 29.2 Å². The highest BCUT2D eigenvalue weighted by Crippen LogP contribution is 2.29. The van der Waals surface area contributed by atoms with Gasteiger partial charge in [-0.15, -0.1) is 0 Å². The van der Waals surface area contributed by atoms with Crippen LogP contribution >= 0.6 is 0 Å². The van der Waals surface area contributed by atoms with Crippen LogP contribution in [0.3, 0.4) is 0 Å². The molecule has 2 aliphatic heterocycles. The molecule has 0 aliphatic carbocycles. The van der Waals surface area contributed by atoms with Crippen LogP contribution in [0, 0.1) is 0 Å². The Hall–Kier alpha value is -3.92. The average Bonchev–Trinajstić information content (AvgIpc) is 3.25. The molecule has 3 aromatic rings. The van der Waals surface area contributed by atoms with Crippen molar-refractivity contribution in [3.05, 3.63) is 70.3 Å². The fourth-order valence-corrected chi connectivity index (χ4v) is 4.12. The number of nitrogens with one attached hydrogen (secondary N) is 1. The minimum Gasteiger partial charge on any atom is -0.503 e. The van der Waals surface area contributed by atoms with Crippen molar-refractivity contribution in [1.29, 1.82) is 0 Å². The Balaban J connectivity index is 1.45. The van der Waals surface area contributed by atoms with Crippen LogP contribution in [0.25, 0.3) is 5.69 Å². The summed E-state index contributed by atoms with van der Waals surface area (Å²) >= 11 is 0. The number of fused-ring (bicyclic) bond motifs is 2. The van der Waals surface area contributed by atoms with E-state index in [-0.39, 0.29) is 29.7 Å². The van der Waals surface area contributed by atoms with E-state index in [1.807, 2.05) is 37.3 Å². The number of ether oxygens (including phenoxy) is 1. The Bertz CT molecular complexity index is 1270. The number of aromatic nitrogens is 3. The van der Waals surface area contributed by atoms with Gasteiger partial charge in [0.15, 0.2) is 23.5 Å². The number of carbonyl (C=O) groups excluding carboxylic acids is 2. The molecule has 5 rings (SSSR count). The molecule has 1 aromatic carbocycles. The number of aromatic hydroxyl groups is 1. The highest BCUT2D eigenvalue weighted by atomic mass is 16.5. The summed E-state index contributed by atoms with van der Waals surface area (Å²) in [6.07, 6.45) is 3.12. The van der Waals surface area contributed by atoms with Crippen LogP contribution in [0.4, 0.5) is 5.82 Å². The summed E-state index contributed by atoms with van der Waals surface area (Å²) < 4.78 is 8.70. The fourth-order valence-electron chi connectivity index (χ4n) is 4.12. The number of anilines is 1. The average molecular weight is 435 g/mol. The molecule has 0 bridgehead atoms. The van der Waals surface area contributed by atoms with E-state index >= 15 is 0 Å². The predicted octanol–water partition coefficient (Wildman–Crippen LogP) is 1.58. The molecule has 164 valence electrons. The van der Waals surface area contributed by atoms with Crippen LogP contribution in [0.1, 0.15) is 34.2 Å². The van der Waals surface area contributed by atoms with Crippen LogP contribution in [0.5, 0.6) is 5.75 Å². The van der Waals surface area contributed by atoms with Gasteiger partial charge in [-0.1, -0.05) is 18.2 Å². The van der Waals surface area contributed by atoms with Gasteiger partial charge in [-0.25, -0.2) is 4.68 Å². The molecule has 32 heavy (non-hydrogen) atoms. The first-order chi connectivity index (χ1) is 15.4. The molecule has 2 aliphatic rings. The monoisotopic (exact) mass is 435 g/mol. The topological polar surface area (TPSA) is 119 Å².